The van der Waals surface area contributed by atoms with Crippen LogP contribution in [0.1, 0.15) is 17.3 Å². The van der Waals surface area contributed by atoms with Gasteiger partial charge in [-0.15, -0.1) is 0 Å². The van der Waals surface area contributed by atoms with Crippen molar-refractivity contribution < 1.29 is 9.18 Å². The van der Waals surface area contributed by atoms with Crippen LogP contribution >= 0.6 is 15.9 Å². The van der Waals surface area contributed by atoms with Crippen molar-refractivity contribution in [1.29, 1.82) is 0 Å². The van der Waals surface area contributed by atoms with E-state index in [9.17, 15) is 9.18 Å². The first-order valence-electron chi connectivity index (χ1n) is 5.99. The van der Waals surface area contributed by atoms with Crippen LogP contribution in [-0.4, -0.2) is 34.5 Å². The molecule has 1 aliphatic heterocycles. The number of alkyl halides is 1. The molecule has 0 N–H and O–H groups in total. The van der Waals surface area contributed by atoms with Crippen LogP contribution < -0.4 is 0 Å². The van der Waals surface area contributed by atoms with Gasteiger partial charge < -0.3 is 4.90 Å². The molecule has 0 bridgehead atoms. The Morgan fingerprint density at radius 1 is 1.47 bits per heavy atom. The zero-order chi connectivity index (χ0) is 13.6. The molecule has 2 aromatic rings. The summed E-state index contributed by atoms with van der Waals surface area (Å²) in [6.45, 7) is 1.82. The Morgan fingerprint density at radius 2 is 2.21 bits per heavy atom. The topological polar surface area (TPSA) is 33.2 Å². The molecule has 2 heterocycles. The van der Waals surface area contributed by atoms with E-state index in [-0.39, 0.29) is 19.0 Å². The van der Waals surface area contributed by atoms with E-state index in [2.05, 4.69) is 20.9 Å². The summed E-state index contributed by atoms with van der Waals surface area (Å²) in [5.74, 6) is -0.162. The number of nitrogens with zero attached hydrogens (tertiary/aromatic N) is 2. The van der Waals surface area contributed by atoms with E-state index in [1.54, 1.807) is 12.3 Å². The quantitative estimate of drug-likeness (QED) is 0.808. The van der Waals surface area contributed by atoms with Crippen LogP contribution in [0.3, 0.4) is 0 Å². The Kier molecular flexibility index (Phi) is 2.82. The number of likely N-dealkylation sites (tertiary alicyclic amines) is 1. The smallest absolute Gasteiger partial charge is 0.255 e. The van der Waals surface area contributed by atoms with E-state index < -0.39 is 5.67 Å². The van der Waals surface area contributed by atoms with Gasteiger partial charge in [-0.1, -0.05) is 12.1 Å². The second kappa shape index (κ2) is 4.27. The molecule has 0 spiro atoms. The van der Waals surface area contributed by atoms with E-state index in [1.165, 1.54) is 11.8 Å². The van der Waals surface area contributed by atoms with Crippen LogP contribution in [0.2, 0.25) is 0 Å². The van der Waals surface area contributed by atoms with Gasteiger partial charge in [0.15, 0.2) is 0 Å². The highest BCUT2D eigenvalue weighted by Gasteiger charge is 2.41. The predicted octanol–water partition coefficient (Wildman–Crippen LogP) is 3.18. The minimum Gasteiger partial charge on any atom is -0.332 e. The molecule has 1 saturated heterocycles. The van der Waals surface area contributed by atoms with Crippen molar-refractivity contribution >= 4 is 32.7 Å². The minimum absolute atomic E-state index is 0.155. The summed E-state index contributed by atoms with van der Waals surface area (Å²) in [6.07, 6.45) is 1.54. The van der Waals surface area contributed by atoms with Gasteiger partial charge in [-0.25, -0.2) is 4.39 Å². The number of carbonyl (C=O) groups is 1. The highest BCUT2D eigenvalue weighted by molar-refractivity contribution is 9.10. The van der Waals surface area contributed by atoms with Gasteiger partial charge in [-0.2, -0.15) is 0 Å². The lowest BCUT2D eigenvalue weighted by Gasteiger charge is -2.42. The first-order valence-corrected chi connectivity index (χ1v) is 6.78. The van der Waals surface area contributed by atoms with Gasteiger partial charge >= 0.3 is 0 Å². The van der Waals surface area contributed by atoms with Crippen molar-refractivity contribution in [2.45, 2.75) is 12.6 Å². The van der Waals surface area contributed by atoms with Crippen molar-refractivity contribution in [2.24, 2.45) is 0 Å². The number of hydrogen-bond acceptors (Lipinski definition) is 2. The largest absolute Gasteiger partial charge is 0.332 e. The summed E-state index contributed by atoms with van der Waals surface area (Å²) in [5, 5.41) is 0.892. The Balaban J connectivity index is 1.92. The Morgan fingerprint density at radius 3 is 2.89 bits per heavy atom. The average molecular weight is 323 g/mol. The highest BCUT2D eigenvalue weighted by atomic mass is 79.9. The zero-order valence-electron chi connectivity index (χ0n) is 10.4. The zero-order valence-corrected chi connectivity index (χ0v) is 11.9. The lowest BCUT2D eigenvalue weighted by molar-refractivity contribution is -0.00787. The SMILES string of the molecule is CC1(F)CN(C(=O)c2cnc3c(Br)cccc3c2)C1. The number of para-hydroxylation sites is 1. The molecule has 1 aliphatic rings. The van der Waals surface area contributed by atoms with Crippen LogP contribution in [0.15, 0.2) is 34.9 Å². The standard InChI is InChI=1S/C14H12BrFN2O/c1-14(16)7-18(8-14)13(19)10-5-9-3-2-4-11(15)12(9)17-6-10/h2-6H,7-8H2,1H3. The molecule has 19 heavy (non-hydrogen) atoms. The fraction of sp³-hybridized carbons (Fsp3) is 0.286. The fourth-order valence-corrected chi connectivity index (χ4v) is 2.80. The van der Waals surface area contributed by atoms with Gasteiger partial charge in [0.25, 0.3) is 5.91 Å². The molecule has 1 aromatic carbocycles. The first kappa shape index (κ1) is 12.5. The number of benzene rings is 1. The molecule has 98 valence electrons. The fourth-order valence-electron chi connectivity index (χ4n) is 2.32. The molecule has 3 nitrogen and oxygen atoms in total. The molecule has 0 saturated carbocycles. The van der Waals surface area contributed by atoms with E-state index in [4.69, 9.17) is 0 Å². The Bertz CT molecular complexity index is 664. The molecule has 1 aromatic heterocycles. The predicted molar refractivity (Wildman–Crippen MR) is 74.9 cm³/mol. The van der Waals surface area contributed by atoms with Crippen molar-refractivity contribution in [3.8, 4) is 0 Å². The number of aromatic nitrogens is 1. The summed E-state index contributed by atoms with van der Waals surface area (Å²) >= 11 is 3.42. The van der Waals surface area contributed by atoms with Gasteiger partial charge in [-0.05, 0) is 35.0 Å². The molecular weight excluding hydrogens is 311 g/mol. The van der Waals surface area contributed by atoms with Gasteiger partial charge in [-0.3, -0.25) is 9.78 Å². The molecule has 0 radical (unpaired) electrons. The number of carbonyl (C=O) groups excluding carboxylic acids is 1. The van der Waals surface area contributed by atoms with Gasteiger partial charge in [0.1, 0.15) is 5.67 Å². The number of fused-ring (bicyclic) bond motifs is 1. The number of pyridine rings is 1. The Labute approximate surface area is 118 Å². The van der Waals surface area contributed by atoms with Crippen molar-refractivity contribution in [3.05, 3.63) is 40.5 Å². The maximum Gasteiger partial charge on any atom is 0.255 e. The normalized spacial score (nSPS) is 17.3. The molecular formula is C14H12BrFN2O. The second-order valence-corrected chi connectivity index (χ2v) is 5.96. The van der Waals surface area contributed by atoms with Crippen LogP contribution in [0.5, 0.6) is 0 Å². The number of amides is 1. The average Bonchev–Trinajstić information content (AvgIpc) is 2.35. The maximum absolute atomic E-state index is 13.4. The van der Waals surface area contributed by atoms with E-state index in [1.807, 2.05) is 18.2 Å². The summed E-state index contributed by atoms with van der Waals surface area (Å²) < 4.78 is 14.3. The van der Waals surface area contributed by atoms with Crippen LogP contribution in [0.25, 0.3) is 10.9 Å². The molecule has 0 aliphatic carbocycles. The third-order valence-electron chi connectivity index (χ3n) is 3.24. The highest BCUT2D eigenvalue weighted by Crippen LogP contribution is 2.27. The lowest BCUT2D eigenvalue weighted by atomic mass is 9.98. The van der Waals surface area contributed by atoms with Crippen LogP contribution in [-0.2, 0) is 0 Å². The van der Waals surface area contributed by atoms with E-state index >= 15 is 0 Å². The Hall–Kier alpha value is -1.49. The molecule has 3 rings (SSSR count). The number of hydrogen-bond donors (Lipinski definition) is 0. The first-order chi connectivity index (χ1) is 8.96. The van der Waals surface area contributed by atoms with Gasteiger partial charge in [0.2, 0.25) is 0 Å². The monoisotopic (exact) mass is 322 g/mol. The molecule has 1 fully saturated rings. The second-order valence-electron chi connectivity index (χ2n) is 5.11. The van der Waals surface area contributed by atoms with Crippen LogP contribution in [0.4, 0.5) is 4.39 Å². The molecule has 1 amide bonds. The minimum atomic E-state index is -1.25. The van der Waals surface area contributed by atoms with Gasteiger partial charge in [0.05, 0.1) is 24.2 Å². The van der Waals surface area contributed by atoms with E-state index in [0.717, 1.165) is 15.4 Å². The summed E-state index contributed by atoms with van der Waals surface area (Å²) in [7, 11) is 0. The van der Waals surface area contributed by atoms with E-state index in [0.29, 0.717) is 5.56 Å². The third kappa shape index (κ3) is 2.23. The number of rotatable bonds is 1. The van der Waals surface area contributed by atoms with Gasteiger partial charge in [0, 0.05) is 16.1 Å². The summed E-state index contributed by atoms with van der Waals surface area (Å²) in [6, 6.07) is 7.49. The van der Waals surface area contributed by atoms with Crippen molar-refractivity contribution in [2.75, 3.05) is 13.1 Å². The lowest BCUT2D eigenvalue weighted by Crippen LogP contribution is -2.59. The van der Waals surface area contributed by atoms with Crippen LogP contribution in [0, 0.1) is 0 Å². The van der Waals surface area contributed by atoms with Crippen molar-refractivity contribution in [3.63, 3.8) is 0 Å². The molecule has 0 atom stereocenters. The molecule has 5 heteroatoms. The maximum atomic E-state index is 13.4. The van der Waals surface area contributed by atoms with Crippen molar-refractivity contribution in [1.82, 2.24) is 9.88 Å². The number of halogens is 2. The molecule has 0 unspecified atom stereocenters. The summed E-state index contributed by atoms with van der Waals surface area (Å²) in [5.41, 5.74) is 0.0715. The third-order valence-corrected chi connectivity index (χ3v) is 3.88. The summed E-state index contributed by atoms with van der Waals surface area (Å²) in [4.78, 5) is 17.9.